The normalized spacial score (nSPS) is 16.6. The molecular formula is C13H15N5O4S. The molecule has 0 radical (unpaired) electrons. The van der Waals surface area contributed by atoms with E-state index in [0.717, 1.165) is 0 Å². The van der Waals surface area contributed by atoms with Gasteiger partial charge in [-0.15, -0.1) is 0 Å². The van der Waals surface area contributed by atoms with Gasteiger partial charge >= 0.3 is 0 Å². The minimum Gasteiger partial charge on any atom is -0.379 e. The van der Waals surface area contributed by atoms with Crippen molar-refractivity contribution in [2.75, 3.05) is 31.7 Å². The predicted molar refractivity (Wildman–Crippen MR) is 81.9 cm³/mol. The molecule has 1 aromatic carbocycles. The van der Waals surface area contributed by atoms with Gasteiger partial charge in [-0.3, -0.25) is 10.2 Å². The molecule has 9 nitrogen and oxygen atoms in total. The number of hydrogen-bond acceptors (Lipinski definition) is 7. The molecule has 0 atom stereocenters. The van der Waals surface area contributed by atoms with Crippen LogP contribution in [-0.2, 0) is 19.6 Å². The number of nitriles is 1. The molecule has 1 aliphatic heterocycles. The van der Waals surface area contributed by atoms with Crippen LogP contribution in [0.25, 0.3) is 0 Å². The molecule has 0 bridgehead atoms. The number of hydrogen-bond donors (Lipinski definition) is 2. The SMILES string of the molecule is N#C/C(=N\Nc1ccc(S(=O)(=O)N2CCOCC2)cc1)C(N)=O. The number of morpholine rings is 1. The molecule has 23 heavy (non-hydrogen) atoms. The fourth-order valence-corrected chi connectivity index (χ4v) is 3.30. The van der Waals surface area contributed by atoms with Crippen LogP contribution in [0.1, 0.15) is 0 Å². The summed E-state index contributed by atoms with van der Waals surface area (Å²) in [5.74, 6) is -0.952. The van der Waals surface area contributed by atoms with Crippen molar-refractivity contribution in [3.63, 3.8) is 0 Å². The summed E-state index contributed by atoms with van der Waals surface area (Å²) in [5.41, 5.74) is 7.36. The second kappa shape index (κ2) is 7.19. The first-order valence-corrected chi connectivity index (χ1v) is 8.10. The van der Waals surface area contributed by atoms with Crippen molar-refractivity contribution in [3.05, 3.63) is 24.3 Å². The van der Waals surface area contributed by atoms with Gasteiger partial charge in [-0.25, -0.2) is 8.42 Å². The lowest BCUT2D eigenvalue weighted by Gasteiger charge is -2.26. The molecule has 1 aromatic rings. The number of primary amides is 1. The first-order valence-electron chi connectivity index (χ1n) is 6.66. The van der Waals surface area contributed by atoms with Gasteiger partial charge in [0.15, 0.2) is 0 Å². The van der Waals surface area contributed by atoms with Crippen molar-refractivity contribution in [2.24, 2.45) is 10.8 Å². The summed E-state index contributed by atoms with van der Waals surface area (Å²) in [5, 5.41) is 12.2. The van der Waals surface area contributed by atoms with Gasteiger partial charge < -0.3 is 10.5 Å². The van der Waals surface area contributed by atoms with E-state index < -0.39 is 21.6 Å². The molecule has 10 heteroatoms. The van der Waals surface area contributed by atoms with E-state index in [9.17, 15) is 13.2 Å². The number of carbonyl (C=O) groups excluding carboxylic acids is 1. The molecule has 0 saturated carbocycles. The molecule has 1 amide bonds. The van der Waals surface area contributed by atoms with Gasteiger partial charge in [-0.2, -0.15) is 14.7 Å². The van der Waals surface area contributed by atoms with E-state index in [1.165, 1.54) is 28.6 Å². The zero-order chi connectivity index (χ0) is 16.9. The maximum Gasteiger partial charge on any atom is 0.280 e. The van der Waals surface area contributed by atoms with Crippen molar-refractivity contribution >= 4 is 27.3 Å². The van der Waals surface area contributed by atoms with E-state index in [1.807, 2.05) is 0 Å². The molecule has 0 aliphatic carbocycles. The lowest BCUT2D eigenvalue weighted by atomic mass is 10.3. The number of rotatable bonds is 5. The standard InChI is InChI=1S/C13H15N5O4S/c14-9-12(13(15)19)17-16-10-1-3-11(4-2-10)23(20,21)18-5-7-22-8-6-18/h1-4,16H,5-8H2,(H2,15,19)/b17-12+. The van der Waals surface area contributed by atoms with Crippen molar-refractivity contribution in [3.8, 4) is 6.07 Å². The van der Waals surface area contributed by atoms with Crippen molar-refractivity contribution in [1.29, 1.82) is 5.26 Å². The maximum atomic E-state index is 12.4. The minimum absolute atomic E-state index is 0.143. The van der Waals surface area contributed by atoms with Gasteiger partial charge in [-0.05, 0) is 24.3 Å². The Hall–Kier alpha value is -2.48. The fourth-order valence-electron chi connectivity index (χ4n) is 1.89. The van der Waals surface area contributed by atoms with Crippen LogP contribution < -0.4 is 11.2 Å². The molecule has 0 unspecified atom stereocenters. The molecular weight excluding hydrogens is 322 g/mol. The van der Waals surface area contributed by atoms with Crippen LogP contribution >= 0.6 is 0 Å². The minimum atomic E-state index is -3.56. The van der Waals surface area contributed by atoms with E-state index in [2.05, 4.69) is 10.5 Å². The number of carbonyl (C=O) groups is 1. The molecule has 0 aromatic heterocycles. The highest BCUT2D eigenvalue weighted by molar-refractivity contribution is 7.89. The molecule has 2 rings (SSSR count). The summed E-state index contributed by atoms with van der Waals surface area (Å²) >= 11 is 0. The molecule has 0 spiro atoms. The molecule has 1 fully saturated rings. The summed E-state index contributed by atoms with van der Waals surface area (Å²) in [6, 6.07) is 7.34. The number of anilines is 1. The number of nitrogens with two attached hydrogens (primary N) is 1. The Labute approximate surface area is 133 Å². The van der Waals surface area contributed by atoms with Crippen molar-refractivity contribution in [1.82, 2.24) is 4.31 Å². The van der Waals surface area contributed by atoms with Gasteiger partial charge in [0.05, 0.1) is 23.8 Å². The van der Waals surface area contributed by atoms with Gasteiger partial charge in [0.2, 0.25) is 15.7 Å². The molecule has 122 valence electrons. The van der Waals surface area contributed by atoms with E-state index in [-0.39, 0.29) is 4.90 Å². The van der Waals surface area contributed by atoms with Crippen LogP contribution in [0.15, 0.2) is 34.3 Å². The lowest BCUT2D eigenvalue weighted by molar-refractivity contribution is -0.111. The third-order valence-electron chi connectivity index (χ3n) is 3.10. The van der Waals surface area contributed by atoms with Crippen LogP contribution in [0, 0.1) is 11.3 Å². The second-order valence-corrected chi connectivity index (χ2v) is 6.53. The Morgan fingerprint density at radius 3 is 2.43 bits per heavy atom. The zero-order valence-electron chi connectivity index (χ0n) is 12.1. The number of nitrogens with one attached hydrogen (secondary N) is 1. The highest BCUT2D eigenvalue weighted by Gasteiger charge is 2.26. The molecule has 3 N–H and O–H groups in total. The number of benzene rings is 1. The summed E-state index contributed by atoms with van der Waals surface area (Å²) in [6.07, 6.45) is 0. The lowest BCUT2D eigenvalue weighted by Crippen LogP contribution is -2.40. The van der Waals surface area contributed by atoms with Crippen LogP contribution in [0.2, 0.25) is 0 Å². The Balaban J connectivity index is 2.13. The number of hydrazone groups is 1. The van der Waals surface area contributed by atoms with E-state index in [1.54, 1.807) is 6.07 Å². The maximum absolute atomic E-state index is 12.4. The van der Waals surface area contributed by atoms with Crippen LogP contribution in [0.4, 0.5) is 5.69 Å². The Bertz CT molecular complexity index is 746. The summed E-state index contributed by atoms with van der Waals surface area (Å²) in [6.45, 7) is 1.38. The van der Waals surface area contributed by atoms with Crippen molar-refractivity contribution in [2.45, 2.75) is 4.90 Å². The first-order chi connectivity index (χ1) is 10.9. The predicted octanol–water partition coefficient (Wildman–Crippen LogP) is -0.516. The highest BCUT2D eigenvalue weighted by Crippen LogP contribution is 2.19. The van der Waals surface area contributed by atoms with Crippen LogP contribution in [0.3, 0.4) is 0 Å². The highest BCUT2D eigenvalue weighted by atomic mass is 32.2. The monoisotopic (exact) mass is 337 g/mol. The Morgan fingerprint density at radius 1 is 1.30 bits per heavy atom. The van der Waals surface area contributed by atoms with Gasteiger partial charge in [0.1, 0.15) is 6.07 Å². The molecule has 1 aliphatic rings. The van der Waals surface area contributed by atoms with E-state index in [0.29, 0.717) is 32.0 Å². The largest absolute Gasteiger partial charge is 0.379 e. The van der Waals surface area contributed by atoms with Gasteiger partial charge in [0, 0.05) is 13.1 Å². The zero-order valence-corrected chi connectivity index (χ0v) is 12.9. The van der Waals surface area contributed by atoms with Crippen LogP contribution in [-0.4, -0.2) is 50.6 Å². The smallest absolute Gasteiger partial charge is 0.280 e. The summed E-state index contributed by atoms with van der Waals surface area (Å²) in [7, 11) is -3.56. The quantitative estimate of drug-likeness (QED) is 0.548. The first kappa shape index (κ1) is 16.9. The van der Waals surface area contributed by atoms with Gasteiger partial charge in [0.25, 0.3) is 5.91 Å². The second-order valence-electron chi connectivity index (χ2n) is 4.59. The van der Waals surface area contributed by atoms with E-state index in [4.69, 9.17) is 15.7 Å². The summed E-state index contributed by atoms with van der Waals surface area (Å²) in [4.78, 5) is 11.0. The topological polar surface area (TPSA) is 138 Å². The Kier molecular flexibility index (Phi) is 5.28. The number of ether oxygens (including phenoxy) is 1. The third kappa shape index (κ3) is 4.04. The molecule has 1 saturated heterocycles. The fraction of sp³-hybridized carbons (Fsp3) is 0.308. The average Bonchev–Trinajstić information content (AvgIpc) is 2.56. The van der Waals surface area contributed by atoms with Gasteiger partial charge in [-0.1, -0.05) is 0 Å². The number of nitrogens with zero attached hydrogens (tertiary/aromatic N) is 3. The third-order valence-corrected chi connectivity index (χ3v) is 5.01. The number of sulfonamides is 1. The van der Waals surface area contributed by atoms with E-state index >= 15 is 0 Å². The van der Waals surface area contributed by atoms with Crippen LogP contribution in [0.5, 0.6) is 0 Å². The van der Waals surface area contributed by atoms with Crippen molar-refractivity contribution < 1.29 is 17.9 Å². The Morgan fingerprint density at radius 2 is 1.91 bits per heavy atom. The molecule has 1 heterocycles. The average molecular weight is 337 g/mol. The number of amides is 1. The summed E-state index contributed by atoms with van der Waals surface area (Å²) < 4.78 is 31.3.